The van der Waals surface area contributed by atoms with Crippen molar-refractivity contribution >= 4 is 17.5 Å². The largest absolute Gasteiger partial charge is 0.489 e. The molecule has 0 aliphatic carbocycles. The van der Waals surface area contributed by atoms with E-state index in [0.717, 1.165) is 16.9 Å². The summed E-state index contributed by atoms with van der Waals surface area (Å²) in [6, 6.07) is 15.5. The number of benzene rings is 2. The van der Waals surface area contributed by atoms with Crippen molar-refractivity contribution in [1.82, 2.24) is 20.2 Å². The average Bonchev–Trinajstić information content (AvgIpc) is 2.98. The van der Waals surface area contributed by atoms with Crippen LogP contribution in [-0.2, 0) is 20.2 Å². The lowest BCUT2D eigenvalue weighted by molar-refractivity contribution is 0.306. The van der Waals surface area contributed by atoms with Crippen LogP contribution in [0.15, 0.2) is 48.5 Å². The summed E-state index contributed by atoms with van der Waals surface area (Å²) in [4.78, 5) is 0. The fraction of sp³-hybridized carbons (Fsp3) is 0.188. The van der Waals surface area contributed by atoms with Gasteiger partial charge in [0.1, 0.15) is 12.4 Å². The molecule has 118 valence electrons. The topological polar surface area (TPSA) is 64.9 Å². The fourth-order valence-corrected chi connectivity index (χ4v) is 2.27. The average molecular weight is 330 g/mol. The molecule has 0 aliphatic heterocycles. The maximum Gasteiger partial charge on any atom is 0.242 e. The van der Waals surface area contributed by atoms with Crippen molar-refractivity contribution in [1.29, 1.82) is 0 Å². The summed E-state index contributed by atoms with van der Waals surface area (Å²) in [7, 11) is 1.78. The standard InChI is InChI=1S/C16H16ClN5O/c1-22-16(19-20-21-22)18-10-12-5-4-7-14(9-12)23-11-13-6-2-3-8-15(13)17/h2-9H,10-11H2,1H3,(H,18,19,21). The van der Waals surface area contributed by atoms with E-state index < -0.39 is 0 Å². The normalized spacial score (nSPS) is 10.5. The number of hydrogen-bond acceptors (Lipinski definition) is 5. The lowest BCUT2D eigenvalue weighted by Crippen LogP contribution is -2.06. The molecule has 0 atom stereocenters. The van der Waals surface area contributed by atoms with Crippen molar-refractivity contribution in [3.8, 4) is 5.75 Å². The fourth-order valence-electron chi connectivity index (χ4n) is 2.08. The molecule has 0 unspecified atom stereocenters. The SMILES string of the molecule is Cn1nnnc1NCc1cccc(OCc2ccccc2Cl)c1. The number of nitrogens with zero attached hydrogens (tertiary/aromatic N) is 4. The summed E-state index contributed by atoms with van der Waals surface area (Å²) in [6.07, 6.45) is 0. The Morgan fingerprint density at radius 2 is 2.04 bits per heavy atom. The maximum atomic E-state index is 6.13. The van der Waals surface area contributed by atoms with Crippen LogP contribution in [-0.4, -0.2) is 20.2 Å². The van der Waals surface area contributed by atoms with E-state index in [2.05, 4.69) is 20.8 Å². The third-order valence-electron chi connectivity index (χ3n) is 3.32. The van der Waals surface area contributed by atoms with Gasteiger partial charge in [0.05, 0.1) is 0 Å². The second kappa shape index (κ2) is 7.11. The van der Waals surface area contributed by atoms with Crippen LogP contribution in [0.1, 0.15) is 11.1 Å². The molecular weight excluding hydrogens is 314 g/mol. The molecule has 0 spiro atoms. The van der Waals surface area contributed by atoms with Gasteiger partial charge in [-0.1, -0.05) is 47.0 Å². The Kier molecular flexibility index (Phi) is 4.73. The highest BCUT2D eigenvalue weighted by atomic mass is 35.5. The number of aryl methyl sites for hydroxylation is 1. The molecule has 0 bridgehead atoms. The molecule has 6 nitrogen and oxygen atoms in total. The Hall–Kier alpha value is -2.60. The summed E-state index contributed by atoms with van der Waals surface area (Å²) >= 11 is 6.13. The molecule has 0 aliphatic rings. The minimum Gasteiger partial charge on any atom is -0.489 e. The molecule has 1 aromatic heterocycles. The van der Waals surface area contributed by atoms with Crippen molar-refractivity contribution in [2.75, 3.05) is 5.32 Å². The molecule has 0 saturated heterocycles. The molecule has 1 heterocycles. The first-order valence-electron chi connectivity index (χ1n) is 7.14. The van der Waals surface area contributed by atoms with E-state index >= 15 is 0 Å². The van der Waals surface area contributed by atoms with Crippen LogP contribution in [0, 0.1) is 0 Å². The molecule has 7 heteroatoms. The third kappa shape index (κ3) is 3.98. The quantitative estimate of drug-likeness (QED) is 0.753. The van der Waals surface area contributed by atoms with Gasteiger partial charge in [0, 0.05) is 24.2 Å². The van der Waals surface area contributed by atoms with Gasteiger partial charge in [-0.3, -0.25) is 0 Å². The zero-order chi connectivity index (χ0) is 16.1. The maximum absolute atomic E-state index is 6.13. The zero-order valence-corrected chi connectivity index (χ0v) is 13.4. The zero-order valence-electron chi connectivity index (χ0n) is 12.6. The van der Waals surface area contributed by atoms with Crippen molar-refractivity contribution in [2.24, 2.45) is 7.05 Å². The van der Waals surface area contributed by atoms with Crippen molar-refractivity contribution in [3.05, 3.63) is 64.7 Å². The molecule has 0 radical (unpaired) electrons. The van der Waals surface area contributed by atoms with E-state index in [4.69, 9.17) is 16.3 Å². The van der Waals surface area contributed by atoms with E-state index in [1.54, 1.807) is 11.7 Å². The van der Waals surface area contributed by atoms with E-state index in [0.29, 0.717) is 24.1 Å². The number of tetrazole rings is 1. The molecule has 3 rings (SSSR count). The number of nitrogens with one attached hydrogen (secondary N) is 1. The Bertz CT molecular complexity index is 789. The lowest BCUT2D eigenvalue weighted by Gasteiger charge is -2.10. The van der Waals surface area contributed by atoms with Crippen LogP contribution in [0.2, 0.25) is 5.02 Å². The Morgan fingerprint density at radius 3 is 2.83 bits per heavy atom. The second-order valence-electron chi connectivity index (χ2n) is 5.01. The van der Waals surface area contributed by atoms with Crippen molar-refractivity contribution in [3.63, 3.8) is 0 Å². The van der Waals surface area contributed by atoms with Gasteiger partial charge < -0.3 is 10.1 Å². The van der Waals surface area contributed by atoms with E-state index in [1.165, 1.54) is 0 Å². The van der Waals surface area contributed by atoms with E-state index in [9.17, 15) is 0 Å². The number of rotatable bonds is 6. The first-order valence-corrected chi connectivity index (χ1v) is 7.51. The molecule has 23 heavy (non-hydrogen) atoms. The highest BCUT2D eigenvalue weighted by Crippen LogP contribution is 2.19. The van der Waals surface area contributed by atoms with Crippen LogP contribution in [0.25, 0.3) is 0 Å². The van der Waals surface area contributed by atoms with Gasteiger partial charge in [-0.25, -0.2) is 4.68 Å². The monoisotopic (exact) mass is 329 g/mol. The third-order valence-corrected chi connectivity index (χ3v) is 3.69. The lowest BCUT2D eigenvalue weighted by atomic mass is 10.2. The number of anilines is 1. The summed E-state index contributed by atoms with van der Waals surface area (Å²) in [6.45, 7) is 1.04. The summed E-state index contributed by atoms with van der Waals surface area (Å²) in [5.74, 6) is 1.41. The molecule has 1 N–H and O–H groups in total. The van der Waals surface area contributed by atoms with Crippen LogP contribution in [0.5, 0.6) is 5.75 Å². The predicted molar refractivity (Wildman–Crippen MR) is 88.4 cm³/mol. The van der Waals surface area contributed by atoms with Crippen LogP contribution in [0.4, 0.5) is 5.95 Å². The molecule has 0 amide bonds. The molecule has 2 aromatic carbocycles. The van der Waals surface area contributed by atoms with Crippen LogP contribution in [0.3, 0.4) is 0 Å². The Labute approximate surface area is 139 Å². The summed E-state index contributed by atoms with van der Waals surface area (Å²) in [5.41, 5.74) is 2.03. The number of halogens is 1. The second-order valence-corrected chi connectivity index (χ2v) is 5.41. The molecule has 3 aromatic rings. The first-order chi connectivity index (χ1) is 11.2. The Morgan fingerprint density at radius 1 is 1.17 bits per heavy atom. The van der Waals surface area contributed by atoms with Gasteiger partial charge in [0.15, 0.2) is 0 Å². The van der Waals surface area contributed by atoms with E-state index in [1.807, 2.05) is 48.5 Å². The van der Waals surface area contributed by atoms with Gasteiger partial charge in [0.2, 0.25) is 5.95 Å². The summed E-state index contributed by atoms with van der Waals surface area (Å²) < 4.78 is 7.40. The summed E-state index contributed by atoms with van der Waals surface area (Å²) in [5, 5.41) is 15.1. The van der Waals surface area contributed by atoms with Gasteiger partial charge in [-0.05, 0) is 34.2 Å². The molecule has 0 saturated carbocycles. The minimum atomic E-state index is 0.434. The number of hydrogen-bond donors (Lipinski definition) is 1. The van der Waals surface area contributed by atoms with Gasteiger partial charge >= 0.3 is 0 Å². The highest BCUT2D eigenvalue weighted by molar-refractivity contribution is 6.31. The highest BCUT2D eigenvalue weighted by Gasteiger charge is 2.03. The number of ether oxygens (including phenoxy) is 1. The minimum absolute atomic E-state index is 0.434. The number of aromatic nitrogens is 4. The van der Waals surface area contributed by atoms with Gasteiger partial charge in [-0.15, -0.1) is 0 Å². The molecule has 0 fully saturated rings. The smallest absolute Gasteiger partial charge is 0.242 e. The predicted octanol–water partition coefficient (Wildman–Crippen LogP) is 3.05. The van der Waals surface area contributed by atoms with E-state index in [-0.39, 0.29) is 0 Å². The van der Waals surface area contributed by atoms with Gasteiger partial charge in [0.25, 0.3) is 0 Å². The van der Waals surface area contributed by atoms with Crippen LogP contribution >= 0.6 is 11.6 Å². The first kappa shape index (κ1) is 15.3. The van der Waals surface area contributed by atoms with Gasteiger partial charge in [-0.2, -0.15) is 0 Å². The van der Waals surface area contributed by atoms with Crippen molar-refractivity contribution < 1.29 is 4.74 Å². The Balaban J connectivity index is 1.61. The van der Waals surface area contributed by atoms with Crippen LogP contribution < -0.4 is 10.1 Å². The molecular formula is C16H16ClN5O. The van der Waals surface area contributed by atoms with Crippen molar-refractivity contribution in [2.45, 2.75) is 13.2 Å².